The summed E-state index contributed by atoms with van der Waals surface area (Å²) in [6, 6.07) is 1.17. The summed E-state index contributed by atoms with van der Waals surface area (Å²) >= 11 is 0. The molecule has 3 N–H and O–H groups in total. The minimum Gasteiger partial charge on any atom is -0.338 e. The van der Waals surface area contributed by atoms with Gasteiger partial charge in [-0.05, 0) is 12.1 Å². The molecule has 2 saturated heterocycles. The van der Waals surface area contributed by atoms with Gasteiger partial charge >= 0.3 is 6.03 Å². The van der Waals surface area contributed by atoms with Crippen molar-refractivity contribution in [3.05, 3.63) is 23.7 Å². The number of nitrogens with one attached hydrogen (secondary N) is 3. The van der Waals surface area contributed by atoms with Crippen molar-refractivity contribution in [1.29, 1.82) is 0 Å². The minimum absolute atomic E-state index is 0.194. The lowest BCUT2D eigenvalue weighted by molar-refractivity contribution is -0.115. The van der Waals surface area contributed by atoms with E-state index in [1.165, 1.54) is 6.08 Å². The third-order valence-corrected chi connectivity index (χ3v) is 3.08. The van der Waals surface area contributed by atoms with Crippen molar-refractivity contribution in [3.8, 4) is 0 Å². The molecule has 3 heterocycles. The number of imide groups is 1. The summed E-state index contributed by atoms with van der Waals surface area (Å²) in [5.74, 6) is 0.183. The molecule has 2 aliphatic heterocycles. The van der Waals surface area contributed by atoms with Crippen LogP contribution in [0.2, 0.25) is 0 Å². The van der Waals surface area contributed by atoms with Gasteiger partial charge in [0.15, 0.2) is 0 Å². The Kier molecular flexibility index (Phi) is 3.30. The van der Waals surface area contributed by atoms with Crippen LogP contribution in [0.4, 0.5) is 10.7 Å². The molecule has 0 unspecified atom stereocenters. The van der Waals surface area contributed by atoms with Crippen molar-refractivity contribution < 1.29 is 9.59 Å². The predicted molar refractivity (Wildman–Crippen MR) is 71.8 cm³/mol. The van der Waals surface area contributed by atoms with Crippen molar-refractivity contribution in [2.75, 3.05) is 31.1 Å². The molecule has 2 fully saturated rings. The van der Waals surface area contributed by atoms with Gasteiger partial charge in [-0.2, -0.15) is 0 Å². The third kappa shape index (κ3) is 2.59. The maximum atomic E-state index is 11.5. The van der Waals surface area contributed by atoms with Crippen LogP contribution in [0.3, 0.4) is 0 Å². The highest BCUT2D eigenvalue weighted by Gasteiger charge is 2.23. The zero-order valence-corrected chi connectivity index (χ0v) is 10.7. The lowest BCUT2D eigenvalue weighted by Gasteiger charge is -2.27. The number of hydrogen-bond donors (Lipinski definition) is 3. The third-order valence-electron chi connectivity index (χ3n) is 3.08. The smallest absolute Gasteiger partial charge is 0.326 e. The Morgan fingerprint density at radius 3 is 2.70 bits per heavy atom. The molecule has 3 amide bonds. The monoisotopic (exact) mass is 274 g/mol. The van der Waals surface area contributed by atoms with Gasteiger partial charge in [0.05, 0.1) is 5.69 Å². The fourth-order valence-electron chi connectivity index (χ4n) is 2.09. The van der Waals surface area contributed by atoms with Crippen LogP contribution in [0.1, 0.15) is 5.69 Å². The van der Waals surface area contributed by atoms with Crippen LogP contribution < -0.4 is 20.9 Å². The SMILES string of the molecule is O=C1NC(=O)/C(=C/c2ccnc(N3CCNCC3)n2)N1. The molecule has 0 saturated carbocycles. The van der Waals surface area contributed by atoms with Crippen molar-refractivity contribution in [2.45, 2.75) is 0 Å². The van der Waals surface area contributed by atoms with Gasteiger partial charge in [-0.25, -0.2) is 14.8 Å². The van der Waals surface area contributed by atoms with Crippen LogP contribution in [0.5, 0.6) is 0 Å². The molecule has 0 aliphatic carbocycles. The van der Waals surface area contributed by atoms with Crippen molar-refractivity contribution in [3.63, 3.8) is 0 Å². The largest absolute Gasteiger partial charge is 0.338 e. The fourth-order valence-corrected chi connectivity index (χ4v) is 2.09. The van der Waals surface area contributed by atoms with E-state index in [4.69, 9.17) is 0 Å². The van der Waals surface area contributed by atoms with E-state index in [2.05, 4.69) is 30.8 Å². The highest BCUT2D eigenvalue weighted by atomic mass is 16.2. The average molecular weight is 274 g/mol. The topological polar surface area (TPSA) is 99.2 Å². The molecular weight excluding hydrogens is 260 g/mol. The van der Waals surface area contributed by atoms with Gasteiger partial charge in [0.25, 0.3) is 5.91 Å². The summed E-state index contributed by atoms with van der Waals surface area (Å²) in [5, 5.41) is 7.83. The van der Waals surface area contributed by atoms with Crippen molar-refractivity contribution in [2.24, 2.45) is 0 Å². The molecule has 0 atom stereocenters. The molecule has 0 aromatic carbocycles. The van der Waals surface area contributed by atoms with E-state index in [-0.39, 0.29) is 5.70 Å². The van der Waals surface area contributed by atoms with Crippen LogP contribution in [-0.2, 0) is 4.79 Å². The summed E-state index contributed by atoms with van der Waals surface area (Å²) in [7, 11) is 0. The van der Waals surface area contributed by atoms with Gasteiger partial charge in [0.1, 0.15) is 5.70 Å². The van der Waals surface area contributed by atoms with E-state index >= 15 is 0 Å². The number of piperazine rings is 1. The molecule has 0 bridgehead atoms. The van der Waals surface area contributed by atoms with Gasteiger partial charge in [-0.1, -0.05) is 0 Å². The maximum absolute atomic E-state index is 11.5. The standard InChI is InChI=1S/C12H14N6O2/c19-10-9(16-12(20)17-10)7-8-1-2-14-11(15-8)18-5-3-13-4-6-18/h1-2,7,13H,3-6H2,(H2,16,17,19,20)/b9-7-. The Morgan fingerprint density at radius 1 is 1.20 bits per heavy atom. The van der Waals surface area contributed by atoms with Gasteiger partial charge in [0.2, 0.25) is 5.95 Å². The molecule has 1 aromatic rings. The number of amides is 3. The summed E-state index contributed by atoms with van der Waals surface area (Å²) in [4.78, 5) is 33.2. The molecule has 0 radical (unpaired) electrons. The minimum atomic E-state index is -0.516. The maximum Gasteiger partial charge on any atom is 0.326 e. The Labute approximate surface area is 115 Å². The molecule has 20 heavy (non-hydrogen) atoms. The van der Waals surface area contributed by atoms with Crippen molar-refractivity contribution in [1.82, 2.24) is 25.9 Å². The number of carbonyl (C=O) groups excluding carboxylic acids is 2. The number of urea groups is 1. The summed E-state index contributed by atoms with van der Waals surface area (Å²) < 4.78 is 0. The Balaban J connectivity index is 1.82. The highest BCUT2D eigenvalue weighted by Crippen LogP contribution is 2.11. The number of carbonyl (C=O) groups is 2. The van der Waals surface area contributed by atoms with Crippen molar-refractivity contribution >= 4 is 24.0 Å². The predicted octanol–water partition coefficient (Wildman–Crippen LogP) is -0.933. The van der Waals surface area contributed by atoms with E-state index in [1.54, 1.807) is 12.3 Å². The second-order valence-corrected chi connectivity index (χ2v) is 4.48. The van der Waals surface area contributed by atoms with Crippen LogP contribution in [-0.4, -0.2) is 48.1 Å². The number of hydrogen-bond acceptors (Lipinski definition) is 6. The number of nitrogens with zero attached hydrogens (tertiary/aromatic N) is 3. The highest BCUT2D eigenvalue weighted by molar-refractivity contribution is 6.13. The first-order valence-corrected chi connectivity index (χ1v) is 6.35. The Morgan fingerprint density at radius 2 is 2.00 bits per heavy atom. The first kappa shape index (κ1) is 12.5. The summed E-state index contributed by atoms with van der Waals surface area (Å²) in [6.07, 6.45) is 3.18. The van der Waals surface area contributed by atoms with Gasteiger partial charge in [-0.15, -0.1) is 0 Å². The van der Waals surface area contributed by atoms with E-state index < -0.39 is 11.9 Å². The Bertz CT molecular complexity index is 579. The average Bonchev–Trinajstić information content (AvgIpc) is 2.78. The quantitative estimate of drug-likeness (QED) is 0.476. The molecule has 2 aliphatic rings. The second kappa shape index (κ2) is 5.25. The van der Waals surface area contributed by atoms with Crippen LogP contribution in [0.15, 0.2) is 18.0 Å². The summed E-state index contributed by atoms with van der Waals surface area (Å²) in [5.41, 5.74) is 0.779. The number of rotatable bonds is 2. The van der Waals surface area contributed by atoms with Gasteiger partial charge < -0.3 is 15.5 Å². The first-order chi connectivity index (χ1) is 9.72. The second-order valence-electron chi connectivity index (χ2n) is 4.48. The van der Waals surface area contributed by atoms with E-state index in [0.29, 0.717) is 11.6 Å². The fraction of sp³-hybridized carbons (Fsp3) is 0.333. The molecule has 8 heteroatoms. The van der Waals surface area contributed by atoms with Gasteiger partial charge in [-0.3, -0.25) is 10.1 Å². The lowest BCUT2D eigenvalue weighted by atomic mass is 10.3. The molecule has 8 nitrogen and oxygen atoms in total. The molecular formula is C12H14N6O2. The normalized spacial score (nSPS) is 21.0. The molecule has 104 valence electrons. The number of anilines is 1. The Hall–Kier alpha value is -2.48. The molecule has 1 aromatic heterocycles. The molecule has 3 rings (SSSR count). The number of aromatic nitrogens is 2. The van der Waals surface area contributed by atoms with Crippen LogP contribution in [0, 0.1) is 0 Å². The zero-order chi connectivity index (χ0) is 13.9. The van der Waals surface area contributed by atoms with Crippen LogP contribution >= 0.6 is 0 Å². The summed E-state index contributed by atoms with van der Waals surface area (Å²) in [6.45, 7) is 3.48. The zero-order valence-electron chi connectivity index (χ0n) is 10.7. The van der Waals surface area contributed by atoms with Crippen LogP contribution in [0.25, 0.3) is 6.08 Å². The van der Waals surface area contributed by atoms with E-state index in [9.17, 15) is 9.59 Å². The van der Waals surface area contributed by atoms with E-state index in [0.717, 1.165) is 26.2 Å². The van der Waals surface area contributed by atoms with E-state index in [1.807, 2.05) is 0 Å². The lowest BCUT2D eigenvalue weighted by Crippen LogP contribution is -2.44. The van der Waals surface area contributed by atoms with Gasteiger partial charge in [0, 0.05) is 32.4 Å². The molecule has 0 spiro atoms. The first-order valence-electron chi connectivity index (χ1n) is 6.35.